The first-order valence-corrected chi connectivity index (χ1v) is 9.64. The number of rotatable bonds is 5. The van der Waals surface area contributed by atoms with Crippen molar-refractivity contribution in [1.29, 1.82) is 0 Å². The molecule has 144 valence electrons. The molecule has 1 saturated carbocycles. The largest absolute Gasteiger partial charge is 0.480 e. The Kier molecular flexibility index (Phi) is 5.65. The van der Waals surface area contributed by atoms with Gasteiger partial charge in [-0.2, -0.15) is 5.10 Å². The van der Waals surface area contributed by atoms with Gasteiger partial charge in [-0.1, -0.05) is 13.3 Å². The SMILES string of the molecule is CCC1CCC(NC(=O)c2cnn(C3CCOCC3)c2C)(C(=O)O)CC1. The van der Waals surface area contributed by atoms with Crippen molar-refractivity contribution in [3.8, 4) is 0 Å². The first-order chi connectivity index (χ1) is 12.5. The molecule has 1 aliphatic heterocycles. The van der Waals surface area contributed by atoms with Crippen molar-refractivity contribution in [1.82, 2.24) is 15.1 Å². The normalized spacial score (nSPS) is 27.2. The van der Waals surface area contributed by atoms with E-state index in [2.05, 4.69) is 17.3 Å². The molecule has 0 unspecified atom stereocenters. The molecule has 0 radical (unpaired) electrons. The number of amides is 1. The second kappa shape index (κ2) is 7.78. The van der Waals surface area contributed by atoms with Crippen molar-refractivity contribution in [2.45, 2.75) is 70.4 Å². The number of hydrogen-bond donors (Lipinski definition) is 2. The second-order valence-corrected chi connectivity index (χ2v) is 7.62. The zero-order valence-electron chi connectivity index (χ0n) is 15.7. The Morgan fingerprint density at radius 1 is 1.31 bits per heavy atom. The molecule has 1 amide bonds. The lowest BCUT2D eigenvalue weighted by Crippen LogP contribution is -2.56. The number of ether oxygens (including phenoxy) is 1. The molecule has 7 nitrogen and oxygen atoms in total. The van der Waals surface area contributed by atoms with Gasteiger partial charge in [-0.25, -0.2) is 4.79 Å². The predicted octanol–water partition coefficient (Wildman–Crippen LogP) is 2.70. The van der Waals surface area contributed by atoms with Crippen LogP contribution in [-0.4, -0.2) is 45.5 Å². The lowest BCUT2D eigenvalue weighted by atomic mass is 9.75. The van der Waals surface area contributed by atoms with Crippen LogP contribution in [0.5, 0.6) is 0 Å². The van der Waals surface area contributed by atoms with Crippen LogP contribution < -0.4 is 5.32 Å². The maximum Gasteiger partial charge on any atom is 0.329 e. The van der Waals surface area contributed by atoms with Crippen LogP contribution in [0.4, 0.5) is 0 Å². The highest BCUT2D eigenvalue weighted by molar-refractivity contribution is 5.98. The van der Waals surface area contributed by atoms with Crippen molar-refractivity contribution in [2.75, 3.05) is 13.2 Å². The average molecular weight is 363 g/mol. The lowest BCUT2D eigenvalue weighted by Gasteiger charge is -2.37. The van der Waals surface area contributed by atoms with Gasteiger partial charge in [0.15, 0.2) is 0 Å². The maximum absolute atomic E-state index is 12.8. The van der Waals surface area contributed by atoms with E-state index in [1.165, 1.54) is 0 Å². The number of carboxylic acids is 1. The van der Waals surface area contributed by atoms with E-state index >= 15 is 0 Å². The average Bonchev–Trinajstić information content (AvgIpc) is 3.04. The highest BCUT2D eigenvalue weighted by Gasteiger charge is 2.43. The fraction of sp³-hybridized carbons (Fsp3) is 0.737. The molecule has 7 heteroatoms. The fourth-order valence-electron chi connectivity index (χ4n) is 4.20. The Morgan fingerprint density at radius 3 is 2.54 bits per heavy atom. The van der Waals surface area contributed by atoms with E-state index in [-0.39, 0.29) is 11.9 Å². The van der Waals surface area contributed by atoms with Gasteiger partial charge in [0, 0.05) is 18.9 Å². The molecule has 3 rings (SSSR count). The number of nitrogens with one attached hydrogen (secondary N) is 1. The van der Waals surface area contributed by atoms with Crippen LogP contribution in [0, 0.1) is 12.8 Å². The Balaban J connectivity index is 1.74. The molecule has 1 aliphatic carbocycles. The van der Waals surface area contributed by atoms with Gasteiger partial charge in [-0.05, 0) is 51.4 Å². The number of aromatic nitrogens is 2. The minimum Gasteiger partial charge on any atom is -0.480 e. The van der Waals surface area contributed by atoms with E-state index in [1.54, 1.807) is 6.20 Å². The van der Waals surface area contributed by atoms with Crippen LogP contribution in [-0.2, 0) is 9.53 Å². The molecule has 2 heterocycles. The molecule has 26 heavy (non-hydrogen) atoms. The summed E-state index contributed by atoms with van der Waals surface area (Å²) in [7, 11) is 0. The number of carboxylic acid groups (broad SMARTS) is 1. The fourth-order valence-corrected chi connectivity index (χ4v) is 4.20. The van der Waals surface area contributed by atoms with Crippen molar-refractivity contribution < 1.29 is 19.4 Å². The molecular formula is C19H29N3O4. The molecule has 1 saturated heterocycles. The van der Waals surface area contributed by atoms with Gasteiger partial charge in [0.25, 0.3) is 5.91 Å². The molecule has 0 aromatic carbocycles. The number of carbonyl (C=O) groups is 2. The van der Waals surface area contributed by atoms with Crippen LogP contribution in [0.25, 0.3) is 0 Å². The molecule has 0 bridgehead atoms. The van der Waals surface area contributed by atoms with Crippen molar-refractivity contribution >= 4 is 11.9 Å². The monoisotopic (exact) mass is 363 g/mol. The van der Waals surface area contributed by atoms with Crippen LogP contribution >= 0.6 is 0 Å². The van der Waals surface area contributed by atoms with Gasteiger partial charge in [0.05, 0.1) is 17.8 Å². The molecule has 0 spiro atoms. The van der Waals surface area contributed by atoms with Crippen LogP contribution in [0.1, 0.15) is 74.0 Å². The highest BCUT2D eigenvalue weighted by atomic mass is 16.5. The zero-order chi connectivity index (χ0) is 18.7. The van der Waals surface area contributed by atoms with E-state index in [4.69, 9.17) is 4.74 Å². The Labute approximate surface area is 154 Å². The number of nitrogens with zero attached hydrogens (tertiary/aromatic N) is 2. The van der Waals surface area contributed by atoms with E-state index < -0.39 is 11.5 Å². The highest BCUT2D eigenvalue weighted by Crippen LogP contribution is 2.34. The van der Waals surface area contributed by atoms with Gasteiger partial charge < -0.3 is 15.2 Å². The van der Waals surface area contributed by atoms with Gasteiger partial charge in [-0.15, -0.1) is 0 Å². The smallest absolute Gasteiger partial charge is 0.329 e. The summed E-state index contributed by atoms with van der Waals surface area (Å²) in [6.07, 6.45) is 7.02. The topological polar surface area (TPSA) is 93.5 Å². The summed E-state index contributed by atoms with van der Waals surface area (Å²) in [5.41, 5.74) is 0.0996. The molecule has 2 fully saturated rings. The summed E-state index contributed by atoms with van der Waals surface area (Å²) in [5, 5.41) is 17.0. The van der Waals surface area contributed by atoms with Gasteiger partial charge >= 0.3 is 5.97 Å². The summed E-state index contributed by atoms with van der Waals surface area (Å²) < 4.78 is 7.28. The number of hydrogen-bond acceptors (Lipinski definition) is 4. The summed E-state index contributed by atoms with van der Waals surface area (Å²) in [6, 6.07) is 0.235. The van der Waals surface area contributed by atoms with Crippen LogP contribution in [0.15, 0.2) is 6.20 Å². The minimum atomic E-state index is -1.16. The van der Waals surface area contributed by atoms with E-state index in [1.807, 2.05) is 11.6 Å². The molecule has 2 aliphatic rings. The van der Waals surface area contributed by atoms with Gasteiger partial charge in [0.2, 0.25) is 0 Å². The number of carbonyl (C=O) groups excluding carboxylic acids is 1. The lowest BCUT2D eigenvalue weighted by molar-refractivity contribution is -0.146. The summed E-state index contributed by atoms with van der Waals surface area (Å²) >= 11 is 0. The second-order valence-electron chi connectivity index (χ2n) is 7.62. The molecule has 1 aromatic heterocycles. The standard InChI is InChI=1S/C19H29N3O4/c1-3-14-4-8-19(9-5-14,18(24)25)21-17(23)16-12-20-22(13(16)2)15-6-10-26-11-7-15/h12,14-15H,3-11H2,1-2H3,(H,21,23)(H,24,25). The van der Waals surface area contributed by atoms with Crippen molar-refractivity contribution in [3.63, 3.8) is 0 Å². The third kappa shape index (κ3) is 3.63. The summed E-state index contributed by atoms with van der Waals surface area (Å²) in [4.78, 5) is 24.8. The van der Waals surface area contributed by atoms with Crippen LogP contribution in [0.2, 0.25) is 0 Å². The van der Waals surface area contributed by atoms with Gasteiger partial charge in [-0.3, -0.25) is 9.48 Å². The first kappa shape index (κ1) is 18.9. The quantitative estimate of drug-likeness (QED) is 0.839. The van der Waals surface area contributed by atoms with Crippen LogP contribution in [0.3, 0.4) is 0 Å². The minimum absolute atomic E-state index is 0.235. The third-order valence-electron chi connectivity index (χ3n) is 6.12. The maximum atomic E-state index is 12.8. The Bertz CT molecular complexity index is 656. The Hall–Kier alpha value is -1.89. The van der Waals surface area contributed by atoms with Gasteiger partial charge in [0.1, 0.15) is 5.54 Å². The molecule has 0 atom stereocenters. The first-order valence-electron chi connectivity index (χ1n) is 9.64. The third-order valence-corrected chi connectivity index (χ3v) is 6.12. The predicted molar refractivity (Wildman–Crippen MR) is 96.1 cm³/mol. The Morgan fingerprint density at radius 2 is 1.96 bits per heavy atom. The summed E-state index contributed by atoms with van der Waals surface area (Å²) in [6.45, 7) is 5.41. The van der Waals surface area contributed by atoms with E-state index in [9.17, 15) is 14.7 Å². The zero-order valence-corrected chi connectivity index (χ0v) is 15.7. The molecule has 1 aromatic rings. The van der Waals surface area contributed by atoms with Crippen molar-refractivity contribution in [3.05, 3.63) is 17.5 Å². The van der Waals surface area contributed by atoms with E-state index in [0.717, 1.165) is 37.8 Å². The molecule has 2 N–H and O–H groups in total. The summed E-state index contributed by atoms with van der Waals surface area (Å²) in [5.74, 6) is -0.717. The molecular weight excluding hydrogens is 334 g/mol. The van der Waals surface area contributed by atoms with Crippen molar-refractivity contribution in [2.24, 2.45) is 5.92 Å². The number of aliphatic carboxylic acids is 1. The van der Waals surface area contributed by atoms with E-state index in [0.29, 0.717) is 37.5 Å².